The van der Waals surface area contributed by atoms with Gasteiger partial charge in [-0.1, -0.05) is 44.2 Å². The molecule has 7 nitrogen and oxygen atoms in total. The Balaban J connectivity index is 1.66. The zero-order valence-corrected chi connectivity index (χ0v) is 15.1. The third-order valence-corrected chi connectivity index (χ3v) is 4.55. The summed E-state index contributed by atoms with van der Waals surface area (Å²) in [6.07, 6.45) is 2.85. The van der Waals surface area contributed by atoms with Gasteiger partial charge in [0.05, 0.1) is 24.5 Å². The minimum absolute atomic E-state index is 0.250. The maximum absolute atomic E-state index is 5.45. The summed E-state index contributed by atoms with van der Waals surface area (Å²) < 4.78 is 7.34. The number of aromatic nitrogens is 4. The van der Waals surface area contributed by atoms with Crippen molar-refractivity contribution in [1.82, 2.24) is 19.6 Å². The van der Waals surface area contributed by atoms with E-state index in [1.54, 1.807) is 0 Å². The van der Waals surface area contributed by atoms with Crippen molar-refractivity contribution < 1.29 is 4.74 Å². The number of nitrogens with zero attached hydrogens (tertiary/aromatic N) is 4. The summed E-state index contributed by atoms with van der Waals surface area (Å²) in [4.78, 5) is 9.23. The van der Waals surface area contributed by atoms with E-state index in [1.807, 2.05) is 28.9 Å². The molecule has 7 heteroatoms. The van der Waals surface area contributed by atoms with Crippen LogP contribution in [0.1, 0.15) is 37.4 Å². The van der Waals surface area contributed by atoms with Crippen LogP contribution in [0.4, 0.5) is 11.8 Å². The van der Waals surface area contributed by atoms with Gasteiger partial charge in [-0.25, -0.2) is 9.50 Å². The number of imidazole rings is 1. The molecule has 0 unspecified atom stereocenters. The second-order valence-electron chi connectivity index (χ2n) is 6.90. The largest absolute Gasteiger partial charge is 0.379 e. The summed E-state index contributed by atoms with van der Waals surface area (Å²) in [5.74, 6) is 1.66. The summed E-state index contributed by atoms with van der Waals surface area (Å²) in [6.45, 7) is 6.43. The Labute approximate surface area is 152 Å². The molecule has 1 aliphatic rings. The third-order valence-electron chi connectivity index (χ3n) is 4.55. The molecule has 136 valence electrons. The first kappa shape index (κ1) is 16.8. The van der Waals surface area contributed by atoms with E-state index >= 15 is 0 Å². The predicted octanol–water partition coefficient (Wildman–Crippen LogP) is 3.06. The summed E-state index contributed by atoms with van der Waals surface area (Å²) in [6, 6.07) is 10.5. The van der Waals surface area contributed by atoms with E-state index < -0.39 is 0 Å². The molecule has 1 aromatic carbocycles. The first-order chi connectivity index (χ1) is 12.7. The topological polar surface area (TPSA) is 76.4 Å². The lowest BCUT2D eigenvalue weighted by Crippen LogP contribution is -2.22. The molecule has 0 radical (unpaired) electrons. The highest BCUT2D eigenvalue weighted by molar-refractivity contribution is 5.64. The van der Waals surface area contributed by atoms with Gasteiger partial charge in [-0.2, -0.15) is 4.98 Å². The smallest absolute Gasteiger partial charge is 0.243 e. The van der Waals surface area contributed by atoms with Crippen molar-refractivity contribution in [2.24, 2.45) is 0 Å². The fourth-order valence-corrected chi connectivity index (χ4v) is 3.08. The fraction of sp³-hybridized carbons (Fsp3) is 0.421. The van der Waals surface area contributed by atoms with Crippen LogP contribution in [0.15, 0.2) is 36.5 Å². The van der Waals surface area contributed by atoms with E-state index in [0.29, 0.717) is 25.0 Å². The molecule has 0 aliphatic carbocycles. The number of fused-ring (bicyclic) bond motifs is 1. The van der Waals surface area contributed by atoms with E-state index in [0.717, 1.165) is 30.2 Å². The van der Waals surface area contributed by atoms with Gasteiger partial charge in [0.1, 0.15) is 0 Å². The molecular formula is C19H24N6O. The van der Waals surface area contributed by atoms with Crippen molar-refractivity contribution in [1.29, 1.82) is 0 Å². The molecule has 3 aromatic rings. The highest BCUT2D eigenvalue weighted by atomic mass is 16.5. The van der Waals surface area contributed by atoms with Gasteiger partial charge in [-0.3, -0.25) is 0 Å². The van der Waals surface area contributed by atoms with Gasteiger partial charge in [-0.15, -0.1) is 5.10 Å². The quantitative estimate of drug-likeness (QED) is 0.710. The van der Waals surface area contributed by atoms with Gasteiger partial charge < -0.3 is 15.4 Å². The molecule has 0 bridgehead atoms. The van der Waals surface area contributed by atoms with Crippen LogP contribution in [-0.4, -0.2) is 38.8 Å². The Morgan fingerprint density at radius 3 is 2.85 bits per heavy atom. The van der Waals surface area contributed by atoms with Gasteiger partial charge in [0, 0.05) is 13.2 Å². The standard InChI is InChI=1S/C19H24N6O/c1-13(2)16-11-21-18-17(20-10-14-6-4-3-5-7-14)23-19(24-25(16)18)22-15-8-9-26-12-15/h3-7,11,13,15H,8-10,12H2,1-2H3,(H2,20,22,23,24)/t15-/m1/s1. The van der Waals surface area contributed by atoms with Crippen molar-refractivity contribution in [3.05, 3.63) is 47.8 Å². The Kier molecular flexibility index (Phi) is 4.71. The molecule has 1 fully saturated rings. The van der Waals surface area contributed by atoms with Crippen molar-refractivity contribution in [2.45, 2.75) is 38.8 Å². The molecular weight excluding hydrogens is 328 g/mol. The zero-order valence-electron chi connectivity index (χ0n) is 15.1. The lowest BCUT2D eigenvalue weighted by atomic mass is 10.2. The Hall–Kier alpha value is -2.67. The second-order valence-corrected chi connectivity index (χ2v) is 6.90. The first-order valence-corrected chi connectivity index (χ1v) is 9.08. The van der Waals surface area contributed by atoms with Crippen LogP contribution in [0.5, 0.6) is 0 Å². The van der Waals surface area contributed by atoms with E-state index in [9.17, 15) is 0 Å². The lowest BCUT2D eigenvalue weighted by molar-refractivity contribution is 0.195. The Morgan fingerprint density at radius 1 is 1.27 bits per heavy atom. The number of ether oxygens (including phenoxy) is 1. The number of hydrogen-bond donors (Lipinski definition) is 2. The van der Waals surface area contributed by atoms with E-state index in [1.165, 1.54) is 5.56 Å². The summed E-state index contributed by atoms with van der Waals surface area (Å²) in [7, 11) is 0. The van der Waals surface area contributed by atoms with Crippen LogP contribution in [0.3, 0.4) is 0 Å². The van der Waals surface area contributed by atoms with Crippen molar-refractivity contribution in [3.63, 3.8) is 0 Å². The fourth-order valence-electron chi connectivity index (χ4n) is 3.08. The number of nitrogens with one attached hydrogen (secondary N) is 2. The summed E-state index contributed by atoms with van der Waals surface area (Å²) in [5.41, 5.74) is 3.01. The van der Waals surface area contributed by atoms with Crippen LogP contribution < -0.4 is 10.6 Å². The molecule has 2 N–H and O–H groups in total. The zero-order chi connectivity index (χ0) is 17.9. The van der Waals surface area contributed by atoms with Gasteiger partial charge in [0.15, 0.2) is 11.5 Å². The van der Waals surface area contributed by atoms with Gasteiger partial charge in [-0.05, 0) is 17.9 Å². The second kappa shape index (κ2) is 7.29. The molecule has 0 saturated carbocycles. The lowest BCUT2D eigenvalue weighted by Gasteiger charge is -2.14. The van der Waals surface area contributed by atoms with Crippen LogP contribution in [0.25, 0.3) is 5.65 Å². The van der Waals surface area contributed by atoms with Crippen LogP contribution in [-0.2, 0) is 11.3 Å². The van der Waals surface area contributed by atoms with Gasteiger partial charge in [0.2, 0.25) is 5.95 Å². The number of rotatable bonds is 6. The van der Waals surface area contributed by atoms with E-state index in [4.69, 9.17) is 4.74 Å². The van der Waals surface area contributed by atoms with Crippen LogP contribution in [0.2, 0.25) is 0 Å². The number of anilines is 2. The molecule has 1 saturated heterocycles. The maximum atomic E-state index is 5.45. The molecule has 2 aromatic heterocycles. The molecule has 26 heavy (non-hydrogen) atoms. The third kappa shape index (κ3) is 3.48. The summed E-state index contributed by atoms with van der Waals surface area (Å²) in [5, 5.41) is 11.5. The molecule has 1 atom stereocenters. The number of benzene rings is 1. The molecule has 4 rings (SSSR count). The maximum Gasteiger partial charge on any atom is 0.243 e. The molecule has 0 amide bonds. The average molecular weight is 352 g/mol. The normalized spacial score (nSPS) is 17.1. The molecule has 1 aliphatic heterocycles. The number of hydrogen-bond acceptors (Lipinski definition) is 6. The SMILES string of the molecule is CC(C)c1cnc2c(NCc3ccccc3)nc(N[C@@H]3CCOC3)nn12. The van der Waals surface area contributed by atoms with E-state index in [-0.39, 0.29) is 6.04 Å². The highest BCUT2D eigenvalue weighted by Crippen LogP contribution is 2.22. The predicted molar refractivity (Wildman–Crippen MR) is 101 cm³/mol. The summed E-state index contributed by atoms with van der Waals surface area (Å²) >= 11 is 0. The van der Waals surface area contributed by atoms with Crippen molar-refractivity contribution in [3.8, 4) is 0 Å². The van der Waals surface area contributed by atoms with Crippen LogP contribution >= 0.6 is 0 Å². The van der Waals surface area contributed by atoms with E-state index in [2.05, 4.69) is 51.7 Å². The van der Waals surface area contributed by atoms with Crippen molar-refractivity contribution >= 4 is 17.4 Å². The van der Waals surface area contributed by atoms with Gasteiger partial charge >= 0.3 is 0 Å². The molecule has 3 heterocycles. The average Bonchev–Trinajstić information content (AvgIpc) is 3.30. The van der Waals surface area contributed by atoms with Gasteiger partial charge in [0.25, 0.3) is 0 Å². The highest BCUT2D eigenvalue weighted by Gasteiger charge is 2.19. The van der Waals surface area contributed by atoms with Crippen molar-refractivity contribution in [2.75, 3.05) is 23.8 Å². The Morgan fingerprint density at radius 2 is 2.12 bits per heavy atom. The minimum Gasteiger partial charge on any atom is -0.379 e. The monoisotopic (exact) mass is 352 g/mol. The first-order valence-electron chi connectivity index (χ1n) is 9.08. The Bertz CT molecular complexity index is 870. The van der Waals surface area contributed by atoms with Crippen LogP contribution in [0, 0.1) is 0 Å². The molecule has 0 spiro atoms. The minimum atomic E-state index is 0.250.